The van der Waals surface area contributed by atoms with Gasteiger partial charge in [-0.15, -0.1) is 18.3 Å². The molecule has 3 aromatic rings. The van der Waals surface area contributed by atoms with E-state index in [4.69, 9.17) is 0 Å². The number of hydrogen-bond acceptors (Lipinski definition) is 7. The Morgan fingerprint density at radius 1 is 1.24 bits per heavy atom. The zero-order valence-corrected chi connectivity index (χ0v) is 12.2. The van der Waals surface area contributed by atoms with Crippen molar-refractivity contribution in [2.24, 2.45) is 0 Å². The lowest BCUT2D eigenvalue weighted by Crippen LogP contribution is -2.17. The number of alkyl halides is 3. The summed E-state index contributed by atoms with van der Waals surface area (Å²) in [4.78, 5) is 13.3. The predicted octanol–water partition coefficient (Wildman–Crippen LogP) is 1.71. The third kappa shape index (κ3) is 4.07. The van der Waals surface area contributed by atoms with Crippen LogP contribution in [0.4, 0.5) is 19.1 Å². The molecule has 0 aliphatic heterocycles. The number of halogens is 3. The Labute approximate surface area is 136 Å². The van der Waals surface area contributed by atoms with E-state index in [1.807, 2.05) is 0 Å². The summed E-state index contributed by atoms with van der Waals surface area (Å²) >= 11 is 0. The summed E-state index contributed by atoms with van der Waals surface area (Å²) in [6.07, 6.45) is -2.07. The highest BCUT2D eigenvalue weighted by molar-refractivity contribution is 5.36. The number of hydrogen-bond donors (Lipinski definition) is 0. The van der Waals surface area contributed by atoms with E-state index in [2.05, 4.69) is 25.1 Å². The van der Waals surface area contributed by atoms with Crippen LogP contribution in [0.3, 0.4) is 0 Å². The molecular formula is C12H8F3N7O3. The smallest absolute Gasteiger partial charge is 0.406 e. The molecule has 0 spiro atoms. The molecule has 0 fully saturated rings. The highest BCUT2D eigenvalue weighted by atomic mass is 19.4. The Hall–Kier alpha value is -3.51. The Kier molecular flexibility index (Phi) is 4.04. The first-order chi connectivity index (χ1) is 11.8. The van der Waals surface area contributed by atoms with E-state index in [-0.39, 0.29) is 12.3 Å². The molecule has 0 radical (unpaired) electrons. The van der Waals surface area contributed by atoms with Gasteiger partial charge in [0.2, 0.25) is 6.33 Å². The first kappa shape index (κ1) is 16.4. The molecule has 130 valence electrons. The van der Waals surface area contributed by atoms with Crippen molar-refractivity contribution >= 4 is 5.95 Å². The van der Waals surface area contributed by atoms with Crippen molar-refractivity contribution in [1.29, 1.82) is 0 Å². The summed E-state index contributed by atoms with van der Waals surface area (Å²) in [5.74, 6) is -0.890. The maximum Gasteiger partial charge on any atom is 0.573 e. The molecule has 0 N–H and O–H groups in total. The van der Waals surface area contributed by atoms with Gasteiger partial charge >= 0.3 is 12.3 Å². The molecule has 0 atom stereocenters. The zero-order chi connectivity index (χ0) is 18.0. The third-order valence-electron chi connectivity index (χ3n) is 2.89. The third-order valence-corrected chi connectivity index (χ3v) is 2.89. The SMILES string of the molecule is O=[N+]([O-])c1ncn(Cc2cn(-c3ccc(OC(F)(F)F)cc3)nn2)n1. The largest absolute Gasteiger partial charge is 0.573 e. The number of benzene rings is 1. The van der Waals surface area contributed by atoms with Crippen molar-refractivity contribution in [3.63, 3.8) is 0 Å². The number of ether oxygens (including phenoxy) is 1. The summed E-state index contributed by atoms with van der Waals surface area (Å²) in [6.45, 7) is 0.0934. The van der Waals surface area contributed by atoms with Crippen LogP contribution in [-0.4, -0.2) is 41.0 Å². The highest BCUT2D eigenvalue weighted by Gasteiger charge is 2.31. The number of nitrogens with zero attached hydrogens (tertiary/aromatic N) is 7. The van der Waals surface area contributed by atoms with Crippen LogP contribution in [-0.2, 0) is 6.54 Å². The van der Waals surface area contributed by atoms with Crippen LogP contribution in [0.25, 0.3) is 5.69 Å². The molecule has 0 aliphatic rings. The van der Waals surface area contributed by atoms with Gasteiger partial charge in [-0.1, -0.05) is 10.2 Å². The van der Waals surface area contributed by atoms with Gasteiger partial charge in [-0.2, -0.15) is 4.68 Å². The topological polar surface area (TPSA) is 114 Å². The van der Waals surface area contributed by atoms with Crippen molar-refractivity contribution in [2.75, 3.05) is 0 Å². The van der Waals surface area contributed by atoms with Gasteiger partial charge in [0.15, 0.2) is 0 Å². The van der Waals surface area contributed by atoms with Crippen LogP contribution < -0.4 is 4.74 Å². The molecule has 0 saturated heterocycles. The molecule has 0 amide bonds. The number of rotatable bonds is 5. The summed E-state index contributed by atoms with van der Waals surface area (Å²) in [6, 6.07) is 5.04. The van der Waals surface area contributed by atoms with Gasteiger partial charge in [-0.3, -0.25) is 0 Å². The number of aromatic nitrogens is 6. The summed E-state index contributed by atoms with van der Waals surface area (Å²) in [7, 11) is 0. The maximum absolute atomic E-state index is 12.1. The zero-order valence-electron chi connectivity index (χ0n) is 12.2. The lowest BCUT2D eigenvalue weighted by Gasteiger charge is -2.08. The van der Waals surface area contributed by atoms with E-state index < -0.39 is 17.2 Å². The van der Waals surface area contributed by atoms with E-state index >= 15 is 0 Å². The van der Waals surface area contributed by atoms with Gasteiger partial charge in [0.05, 0.1) is 11.9 Å². The second-order valence-electron chi connectivity index (χ2n) is 4.70. The summed E-state index contributed by atoms with van der Waals surface area (Å²) in [5, 5.41) is 21.9. The monoisotopic (exact) mass is 355 g/mol. The highest BCUT2D eigenvalue weighted by Crippen LogP contribution is 2.23. The van der Waals surface area contributed by atoms with Crippen molar-refractivity contribution < 1.29 is 22.8 Å². The minimum atomic E-state index is -4.76. The van der Waals surface area contributed by atoms with Crippen LogP contribution >= 0.6 is 0 Å². The van der Waals surface area contributed by atoms with Crippen molar-refractivity contribution in [3.05, 3.63) is 52.6 Å². The van der Waals surface area contributed by atoms with Crippen molar-refractivity contribution in [2.45, 2.75) is 12.9 Å². The standard InChI is InChI=1S/C12H8F3N7O3/c13-12(14,15)25-10-3-1-9(2-4-10)21-6-8(17-19-21)5-20-7-16-11(18-20)22(23)24/h1-4,6-7H,5H2. The van der Waals surface area contributed by atoms with Crippen LogP contribution in [0, 0.1) is 10.1 Å². The summed E-state index contributed by atoms with van der Waals surface area (Å²) < 4.78 is 42.7. The van der Waals surface area contributed by atoms with E-state index in [0.717, 1.165) is 12.1 Å². The normalized spacial score (nSPS) is 11.5. The molecule has 0 unspecified atom stereocenters. The molecule has 2 heterocycles. The molecule has 0 saturated carbocycles. The molecule has 13 heteroatoms. The van der Waals surface area contributed by atoms with Gasteiger partial charge < -0.3 is 14.9 Å². The lowest BCUT2D eigenvalue weighted by atomic mass is 10.3. The molecule has 2 aromatic heterocycles. The average molecular weight is 355 g/mol. The second-order valence-corrected chi connectivity index (χ2v) is 4.70. The maximum atomic E-state index is 12.1. The molecule has 0 aliphatic carbocycles. The Morgan fingerprint density at radius 3 is 2.56 bits per heavy atom. The van der Waals surface area contributed by atoms with Crippen LogP contribution in [0.5, 0.6) is 5.75 Å². The van der Waals surface area contributed by atoms with Gasteiger partial charge in [0.1, 0.15) is 18.0 Å². The Bertz CT molecular complexity index is 888. The van der Waals surface area contributed by atoms with Gasteiger partial charge in [0, 0.05) is 5.10 Å². The van der Waals surface area contributed by atoms with Gasteiger partial charge in [-0.05, 0) is 29.2 Å². The first-order valence-electron chi connectivity index (χ1n) is 6.61. The van der Waals surface area contributed by atoms with Crippen LogP contribution in [0.15, 0.2) is 36.8 Å². The van der Waals surface area contributed by atoms with E-state index in [0.29, 0.717) is 11.4 Å². The van der Waals surface area contributed by atoms with Gasteiger partial charge in [-0.25, -0.2) is 4.68 Å². The first-order valence-corrected chi connectivity index (χ1v) is 6.61. The fraction of sp³-hybridized carbons (Fsp3) is 0.167. The molecule has 0 bridgehead atoms. The fourth-order valence-electron chi connectivity index (χ4n) is 1.91. The second kappa shape index (κ2) is 6.18. The molecule has 25 heavy (non-hydrogen) atoms. The number of nitro groups is 1. The molecule has 1 aromatic carbocycles. The quantitative estimate of drug-likeness (QED) is 0.505. The van der Waals surface area contributed by atoms with E-state index in [9.17, 15) is 23.3 Å². The molecule has 3 rings (SSSR count). The fourth-order valence-corrected chi connectivity index (χ4v) is 1.91. The lowest BCUT2D eigenvalue weighted by molar-refractivity contribution is -0.394. The molecular weight excluding hydrogens is 347 g/mol. The van der Waals surface area contributed by atoms with E-state index in [1.54, 1.807) is 0 Å². The van der Waals surface area contributed by atoms with E-state index in [1.165, 1.54) is 34.0 Å². The Balaban J connectivity index is 1.71. The minimum Gasteiger partial charge on any atom is -0.406 e. The molecule has 10 nitrogen and oxygen atoms in total. The van der Waals surface area contributed by atoms with Crippen LogP contribution in [0.2, 0.25) is 0 Å². The Morgan fingerprint density at radius 2 is 1.96 bits per heavy atom. The predicted molar refractivity (Wildman–Crippen MR) is 73.8 cm³/mol. The minimum absolute atomic E-state index is 0.0934. The average Bonchev–Trinajstić information content (AvgIpc) is 3.16. The van der Waals surface area contributed by atoms with Crippen molar-refractivity contribution in [1.82, 2.24) is 29.8 Å². The summed E-state index contributed by atoms with van der Waals surface area (Å²) in [5.41, 5.74) is 0.883. The van der Waals surface area contributed by atoms with Crippen molar-refractivity contribution in [3.8, 4) is 11.4 Å². The van der Waals surface area contributed by atoms with Gasteiger partial charge in [0.25, 0.3) is 0 Å². The van der Waals surface area contributed by atoms with Crippen LogP contribution in [0.1, 0.15) is 5.69 Å².